The Morgan fingerprint density at radius 3 is 2.54 bits per heavy atom. The van der Waals surface area contributed by atoms with E-state index < -0.39 is 0 Å². The van der Waals surface area contributed by atoms with Crippen LogP contribution in [0, 0.1) is 0 Å². The van der Waals surface area contributed by atoms with E-state index in [2.05, 4.69) is 30.4 Å². The minimum absolute atomic E-state index is 0.535. The summed E-state index contributed by atoms with van der Waals surface area (Å²) in [6.07, 6.45) is 8.60. The van der Waals surface area contributed by atoms with Crippen molar-refractivity contribution < 1.29 is 0 Å². The number of pyridine rings is 1. The zero-order chi connectivity index (χ0) is 16.2. The highest BCUT2D eigenvalue weighted by Gasteiger charge is 2.08. The van der Waals surface area contributed by atoms with E-state index in [-0.39, 0.29) is 0 Å². The van der Waals surface area contributed by atoms with E-state index in [1.54, 1.807) is 29.6 Å². The predicted octanol–water partition coefficient (Wildman–Crippen LogP) is 2.24. The van der Waals surface area contributed by atoms with E-state index >= 15 is 0 Å². The molecule has 0 fully saturated rings. The van der Waals surface area contributed by atoms with Crippen LogP contribution >= 0.6 is 0 Å². The summed E-state index contributed by atoms with van der Waals surface area (Å²) in [5, 5.41) is 12.7. The molecule has 0 amide bonds. The van der Waals surface area contributed by atoms with Gasteiger partial charge >= 0.3 is 0 Å². The van der Waals surface area contributed by atoms with Crippen molar-refractivity contribution in [3.63, 3.8) is 0 Å². The maximum Gasteiger partial charge on any atom is 0.204 e. The van der Waals surface area contributed by atoms with Crippen molar-refractivity contribution in [1.82, 2.24) is 35.2 Å². The lowest BCUT2D eigenvalue weighted by Crippen LogP contribution is -2.04. The van der Waals surface area contributed by atoms with Gasteiger partial charge in [0.15, 0.2) is 0 Å². The van der Waals surface area contributed by atoms with Crippen molar-refractivity contribution in [3.8, 4) is 22.5 Å². The van der Waals surface area contributed by atoms with Crippen molar-refractivity contribution in [2.45, 2.75) is 6.54 Å². The van der Waals surface area contributed by atoms with Crippen molar-refractivity contribution in [2.75, 3.05) is 0 Å². The summed E-state index contributed by atoms with van der Waals surface area (Å²) in [5.41, 5.74) is 3.88. The highest BCUT2D eigenvalue weighted by atomic mass is 15.6. The molecule has 3 aromatic heterocycles. The number of hydrogen-bond acceptors (Lipinski definition) is 6. The summed E-state index contributed by atoms with van der Waals surface area (Å²) < 4.78 is 0. The lowest BCUT2D eigenvalue weighted by molar-refractivity contribution is 0.572. The number of hydrogen-bond donors (Lipinski definition) is 0. The molecule has 0 saturated heterocycles. The molecule has 0 aliphatic rings. The van der Waals surface area contributed by atoms with Crippen LogP contribution in [-0.2, 0) is 6.54 Å². The van der Waals surface area contributed by atoms with Crippen molar-refractivity contribution in [2.24, 2.45) is 0 Å². The zero-order valence-corrected chi connectivity index (χ0v) is 12.7. The van der Waals surface area contributed by atoms with Gasteiger partial charge in [0.2, 0.25) is 5.82 Å². The predicted molar refractivity (Wildman–Crippen MR) is 87.6 cm³/mol. The molecule has 1 aromatic carbocycles. The molecule has 4 rings (SSSR count). The van der Waals surface area contributed by atoms with Crippen LogP contribution in [0.1, 0.15) is 5.56 Å². The molecule has 3 heterocycles. The zero-order valence-electron chi connectivity index (χ0n) is 12.7. The molecule has 7 heteroatoms. The van der Waals surface area contributed by atoms with Gasteiger partial charge in [-0.15, -0.1) is 10.2 Å². The van der Waals surface area contributed by atoms with Crippen molar-refractivity contribution in [3.05, 3.63) is 73.1 Å². The Morgan fingerprint density at radius 1 is 0.833 bits per heavy atom. The van der Waals surface area contributed by atoms with Gasteiger partial charge in [-0.2, -0.15) is 4.80 Å². The molecular formula is C17H13N7. The highest BCUT2D eigenvalue weighted by Crippen LogP contribution is 2.23. The maximum atomic E-state index is 4.45. The van der Waals surface area contributed by atoms with Gasteiger partial charge in [0.1, 0.15) is 6.33 Å². The summed E-state index contributed by atoms with van der Waals surface area (Å²) in [5.74, 6) is 0.581. The average Bonchev–Trinajstić information content (AvgIpc) is 3.12. The summed E-state index contributed by atoms with van der Waals surface area (Å²) in [7, 11) is 0. The minimum atomic E-state index is 0.535. The van der Waals surface area contributed by atoms with Gasteiger partial charge in [-0.25, -0.2) is 9.97 Å². The van der Waals surface area contributed by atoms with E-state index in [0.29, 0.717) is 12.4 Å². The molecule has 0 saturated carbocycles. The second kappa shape index (κ2) is 6.33. The molecule has 0 N–H and O–H groups in total. The third-order valence-corrected chi connectivity index (χ3v) is 3.51. The Bertz CT molecular complexity index is 935. The van der Waals surface area contributed by atoms with Crippen LogP contribution in [0.5, 0.6) is 0 Å². The molecule has 116 valence electrons. The first-order chi connectivity index (χ1) is 11.9. The molecule has 0 unspecified atom stereocenters. The average molecular weight is 315 g/mol. The summed E-state index contributed by atoms with van der Waals surface area (Å²) in [6, 6.07) is 11.8. The Balaban J connectivity index is 1.61. The van der Waals surface area contributed by atoms with E-state index in [0.717, 1.165) is 22.3 Å². The maximum absolute atomic E-state index is 4.45. The Hall–Kier alpha value is -3.48. The van der Waals surface area contributed by atoms with Crippen LogP contribution in [-0.4, -0.2) is 35.2 Å². The van der Waals surface area contributed by atoms with Crippen molar-refractivity contribution in [1.29, 1.82) is 0 Å². The molecule has 0 spiro atoms. The monoisotopic (exact) mass is 315 g/mol. The molecule has 0 aliphatic carbocycles. The third kappa shape index (κ3) is 3.00. The summed E-state index contributed by atoms with van der Waals surface area (Å²) in [4.78, 5) is 13.7. The van der Waals surface area contributed by atoms with Crippen LogP contribution in [0.4, 0.5) is 0 Å². The topological polar surface area (TPSA) is 82.3 Å². The van der Waals surface area contributed by atoms with Crippen LogP contribution in [0.25, 0.3) is 22.5 Å². The fourth-order valence-corrected chi connectivity index (χ4v) is 2.37. The Labute approximate surface area is 138 Å². The molecule has 0 radical (unpaired) electrons. The smallest absolute Gasteiger partial charge is 0.204 e. The number of rotatable bonds is 4. The molecule has 24 heavy (non-hydrogen) atoms. The first-order valence-electron chi connectivity index (χ1n) is 7.41. The van der Waals surface area contributed by atoms with E-state index in [4.69, 9.17) is 0 Å². The van der Waals surface area contributed by atoms with Crippen LogP contribution in [0.3, 0.4) is 0 Å². The molecule has 7 nitrogen and oxygen atoms in total. The highest BCUT2D eigenvalue weighted by molar-refractivity contribution is 5.68. The lowest BCUT2D eigenvalue weighted by atomic mass is 10.1. The number of benzene rings is 1. The van der Waals surface area contributed by atoms with Gasteiger partial charge in [-0.3, -0.25) is 4.98 Å². The number of nitrogens with zero attached hydrogens (tertiary/aromatic N) is 7. The molecule has 0 aliphatic heterocycles. The molecule has 0 atom stereocenters. The van der Waals surface area contributed by atoms with Gasteiger partial charge in [0, 0.05) is 35.9 Å². The van der Waals surface area contributed by atoms with Crippen LogP contribution < -0.4 is 0 Å². The van der Waals surface area contributed by atoms with E-state index in [1.165, 1.54) is 6.33 Å². The fourth-order valence-electron chi connectivity index (χ4n) is 2.37. The van der Waals surface area contributed by atoms with Crippen LogP contribution in [0.15, 0.2) is 67.5 Å². The van der Waals surface area contributed by atoms with Gasteiger partial charge in [-0.05, 0) is 28.5 Å². The van der Waals surface area contributed by atoms with Gasteiger partial charge in [0.05, 0.1) is 6.54 Å². The second-order valence-corrected chi connectivity index (χ2v) is 5.21. The van der Waals surface area contributed by atoms with Crippen molar-refractivity contribution >= 4 is 0 Å². The molecule has 4 aromatic rings. The van der Waals surface area contributed by atoms with Gasteiger partial charge < -0.3 is 0 Å². The molecular weight excluding hydrogens is 302 g/mol. The second-order valence-electron chi connectivity index (χ2n) is 5.21. The molecule has 0 bridgehead atoms. The fraction of sp³-hybridized carbons (Fsp3) is 0.0588. The first kappa shape index (κ1) is 14.1. The number of aromatic nitrogens is 7. The van der Waals surface area contributed by atoms with Gasteiger partial charge in [-0.1, -0.05) is 24.3 Å². The SMILES string of the molecule is c1cncc(Cn2nnc(-c3cccc(-c4cncnc4)c3)n2)c1. The largest absolute Gasteiger partial charge is 0.264 e. The third-order valence-electron chi connectivity index (χ3n) is 3.51. The number of tetrazole rings is 1. The van der Waals surface area contributed by atoms with Gasteiger partial charge in [0.25, 0.3) is 0 Å². The van der Waals surface area contributed by atoms with E-state index in [9.17, 15) is 0 Å². The minimum Gasteiger partial charge on any atom is -0.264 e. The Kier molecular flexibility index (Phi) is 3.73. The Morgan fingerprint density at radius 2 is 1.71 bits per heavy atom. The standard InChI is InChI=1S/C17H13N7/c1-4-14(16-9-19-12-20-10-16)7-15(5-1)17-21-23-24(22-17)11-13-3-2-6-18-8-13/h1-10,12H,11H2. The normalized spacial score (nSPS) is 10.7. The first-order valence-corrected chi connectivity index (χ1v) is 7.41. The van der Waals surface area contributed by atoms with Crippen LogP contribution in [0.2, 0.25) is 0 Å². The quantitative estimate of drug-likeness (QED) is 0.574. The summed E-state index contributed by atoms with van der Waals surface area (Å²) >= 11 is 0. The van der Waals surface area contributed by atoms with E-state index in [1.807, 2.05) is 36.4 Å². The summed E-state index contributed by atoms with van der Waals surface area (Å²) in [6.45, 7) is 0.535. The lowest BCUT2D eigenvalue weighted by Gasteiger charge is -2.02.